The second-order valence-corrected chi connectivity index (χ2v) is 6.27. The Morgan fingerprint density at radius 1 is 1.03 bits per heavy atom. The molecule has 0 saturated heterocycles. The number of benzene rings is 3. The van der Waals surface area contributed by atoms with Crippen molar-refractivity contribution in [3.05, 3.63) is 87.5 Å². The minimum Gasteiger partial charge on any atom is -0.502 e. The molecule has 3 rings (SSSR count). The first kappa shape index (κ1) is 19.9. The van der Waals surface area contributed by atoms with E-state index in [1.165, 1.54) is 19.4 Å². The molecule has 7 nitrogen and oxygen atoms in total. The van der Waals surface area contributed by atoms with Gasteiger partial charge in [0.1, 0.15) is 17.2 Å². The van der Waals surface area contributed by atoms with Crippen molar-refractivity contribution in [1.29, 1.82) is 0 Å². The summed E-state index contributed by atoms with van der Waals surface area (Å²) in [5.74, 6) is 0.669. The number of phenols is 1. The van der Waals surface area contributed by atoms with Crippen LogP contribution in [-0.2, 0) is 6.42 Å². The van der Waals surface area contributed by atoms with E-state index in [-0.39, 0.29) is 11.3 Å². The second kappa shape index (κ2) is 8.88. The van der Waals surface area contributed by atoms with Crippen molar-refractivity contribution < 1.29 is 19.5 Å². The average molecular weight is 392 g/mol. The first-order valence-corrected chi connectivity index (χ1v) is 8.82. The number of ether oxygens (including phenoxy) is 2. The Bertz CT molecular complexity index is 1050. The highest BCUT2D eigenvalue weighted by atomic mass is 16.6. The van der Waals surface area contributed by atoms with Gasteiger partial charge in [0.15, 0.2) is 0 Å². The Labute approximate surface area is 168 Å². The van der Waals surface area contributed by atoms with E-state index in [1.54, 1.807) is 31.4 Å². The van der Waals surface area contributed by atoms with Crippen LogP contribution >= 0.6 is 0 Å². The SMILES string of the molecule is COc1ccc(N=Cc2cc(Cc3ccccc3)cc([N+](=O)[O-])c2O)c(OC)c1. The van der Waals surface area contributed by atoms with Crippen molar-refractivity contribution in [3.8, 4) is 17.2 Å². The van der Waals surface area contributed by atoms with Crippen molar-refractivity contribution >= 4 is 17.6 Å². The van der Waals surface area contributed by atoms with E-state index >= 15 is 0 Å². The van der Waals surface area contributed by atoms with Crippen LogP contribution in [0.4, 0.5) is 11.4 Å². The van der Waals surface area contributed by atoms with Crippen molar-refractivity contribution in [1.82, 2.24) is 0 Å². The number of methoxy groups -OCH3 is 2. The number of hydrogen-bond acceptors (Lipinski definition) is 6. The van der Waals surface area contributed by atoms with Crippen LogP contribution in [0, 0.1) is 10.1 Å². The molecule has 1 N–H and O–H groups in total. The lowest BCUT2D eigenvalue weighted by Crippen LogP contribution is -1.97. The maximum Gasteiger partial charge on any atom is 0.311 e. The number of phenolic OH excluding ortho intramolecular Hbond substituents is 1. The van der Waals surface area contributed by atoms with Gasteiger partial charge in [0, 0.05) is 23.9 Å². The molecule has 3 aromatic rings. The number of rotatable bonds is 7. The van der Waals surface area contributed by atoms with E-state index in [1.807, 2.05) is 30.3 Å². The van der Waals surface area contributed by atoms with Crippen LogP contribution in [0.5, 0.6) is 17.2 Å². The van der Waals surface area contributed by atoms with Crippen molar-refractivity contribution in [2.45, 2.75) is 6.42 Å². The van der Waals surface area contributed by atoms with E-state index in [9.17, 15) is 15.2 Å². The monoisotopic (exact) mass is 392 g/mol. The van der Waals surface area contributed by atoms with Gasteiger partial charge in [0.2, 0.25) is 5.75 Å². The van der Waals surface area contributed by atoms with E-state index in [0.29, 0.717) is 29.2 Å². The summed E-state index contributed by atoms with van der Waals surface area (Å²) in [6, 6.07) is 17.8. The zero-order valence-electron chi connectivity index (χ0n) is 16.0. The predicted molar refractivity (Wildman–Crippen MR) is 111 cm³/mol. The summed E-state index contributed by atoms with van der Waals surface area (Å²) in [6.45, 7) is 0. The molecule has 29 heavy (non-hydrogen) atoms. The van der Waals surface area contributed by atoms with Crippen LogP contribution in [0.2, 0.25) is 0 Å². The first-order valence-electron chi connectivity index (χ1n) is 8.82. The predicted octanol–water partition coefficient (Wildman–Crippen LogP) is 4.66. The molecule has 0 unspecified atom stereocenters. The number of aliphatic imine (C=N–C) groups is 1. The van der Waals surface area contributed by atoms with Crippen LogP contribution < -0.4 is 9.47 Å². The lowest BCUT2D eigenvalue weighted by atomic mass is 10.0. The van der Waals surface area contributed by atoms with E-state index < -0.39 is 10.7 Å². The third kappa shape index (κ3) is 4.70. The van der Waals surface area contributed by atoms with Crippen LogP contribution in [0.1, 0.15) is 16.7 Å². The zero-order valence-corrected chi connectivity index (χ0v) is 16.0. The topological polar surface area (TPSA) is 94.2 Å². The quantitative estimate of drug-likeness (QED) is 0.358. The highest BCUT2D eigenvalue weighted by Crippen LogP contribution is 2.34. The molecule has 0 aliphatic carbocycles. The lowest BCUT2D eigenvalue weighted by Gasteiger charge is -2.08. The van der Waals surface area contributed by atoms with Gasteiger partial charge < -0.3 is 14.6 Å². The van der Waals surface area contributed by atoms with Crippen LogP contribution in [-0.4, -0.2) is 30.5 Å². The molecule has 0 fully saturated rings. The third-order valence-electron chi connectivity index (χ3n) is 4.36. The van der Waals surface area contributed by atoms with Crippen molar-refractivity contribution in [2.75, 3.05) is 14.2 Å². The van der Waals surface area contributed by atoms with E-state index in [0.717, 1.165) is 5.56 Å². The zero-order chi connectivity index (χ0) is 20.8. The van der Waals surface area contributed by atoms with Gasteiger partial charge in [-0.3, -0.25) is 15.1 Å². The molecule has 3 aromatic carbocycles. The number of nitrogens with zero attached hydrogens (tertiary/aromatic N) is 2. The molecule has 0 aliphatic rings. The Kier molecular flexibility index (Phi) is 6.09. The normalized spacial score (nSPS) is 10.8. The maximum atomic E-state index is 11.4. The van der Waals surface area contributed by atoms with Gasteiger partial charge in [0.05, 0.1) is 19.1 Å². The summed E-state index contributed by atoms with van der Waals surface area (Å²) < 4.78 is 10.5. The van der Waals surface area contributed by atoms with Gasteiger partial charge >= 0.3 is 5.69 Å². The van der Waals surface area contributed by atoms with Gasteiger partial charge in [-0.2, -0.15) is 0 Å². The fourth-order valence-corrected chi connectivity index (χ4v) is 2.90. The molecule has 0 aromatic heterocycles. The number of aromatic hydroxyl groups is 1. The van der Waals surface area contributed by atoms with Crippen LogP contribution in [0.15, 0.2) is 65.7 Å². The standard InChI is InChI=1S/C22H20N2O5/c1-28-18-8-9-19(21(13-18)29-2)23-14-17-11-16(10-15-6-4-3-5-7-15)12-20(22(17)25)24(26)27/h3-9,11-14,25H,10H2,1-2H3. The molecule has 148 valence electrons. The fraction of sp³-hybridized carbons (Fsp3) is 0.136. The summed E-state index contributed by atoms with van der Waals surface area (Å²) in [4.78, 5) is 15.1. The smallest absolute Gasteiger partial charge is 0.311 e. The molecular weight excluding hydrogens is 372 g/mol. The van der Waals surface area contributed by atoms with E-state index in [4.69, 9.17) is 9.47 Å². The Balaban J connectivity index is 1.99. The summed E-state index contributed by atoms with van der Waals surface area (Å²) in [5, 5.41) is 21.7. The third-order valence-corrected chi connectivity index (χ3v) is 4.36. The van der Waals surface area contributed by atoms with Gasteiger partial charge in [-0.25, -0.2) is 0 Å². The minimum atomic E-state index is -0.602. The second-order valence-electron chi connectivity index (χ2n) is 6.27. The summed E-state index contributed by atoms with van der Waals surface area (Å²) in [5.41, 5.74) is 2.10. The largest absolute Gasteiger partial charge is 0.502 e. The molecule has 7 heteroatoms. The van der Waals surface area contributed by atoms with Gasteiger partial charge in [0.25, 0.3) is 0 Å². The Morgan fingerprint density at radius 3 is 2.45 bits per heavy atom. The molecular formula is C22H20N2O5. The van der Waals surface area contributed by atoms with Crippen molar-refractivity contribution in [3.63, 3.8) is 0 Å². The number of hydrogen-bond donors (Lipinski definition) is 1. The fourth-order valence-electron chi connectivity index (χ4n) is 2.90. The maximum absolute atomic E-state index is 11.4. The van der Waals surface area contributed by atoms with E-state index in [2.05, 4.69) is 4.99 Å². The summed E-state index contributed by atoms with van der Waals surface area (Å²) >= 11 is 0. The van der Waals surface area contributed by atoms with Gasteiger partial charge in [-0.15, -0.1) is 0 Å². The molecule has 0 amide bonds. The first-order chi connectivity index (χ1) is 14.0. The van der Waals surface area contributed by atoms with Gasteiger partial charge in [-0.05, 0) is 35.7 Å². The summed E-state index contributed by atoms with van der Waals surface area (Å²) in [7, 11) is 3.06. The molecule has 0 heterocycles. The Morgan fingerprint density at radius 2 is 1.79 bits per heavy atom. The molecule has 0 aliphatic heterocycles. The highest BCUT2D eigenvalue weighted by Gasteiger charge is 2.18. The minimum absolute atomic E-state index is 0.253. The molecule has 0 atom stereocenters. The molecule has 0 radical (unpaired) electrons. The highest BCUT2D eigenvalue weighted by molar-refractivity contribution is 5.88. The van der Waals surface area contributed by atoms with Crippen LogP contribution in [0.3, 0.4) is 0 Å². The Hall–Kier alpha value is -3.87. The molecule has 0 spiro atoms. The number of nitro groups is 1. The molecule has 0 saturated carbocycles. The van der Waals surface area contributed by atoms with Crippen molar-refractivity contribution in [2.24, 2.45) is 4.99 Å². The van der Waals surface area contributed by atoms with Gasteiger partial charge in [-0.1, -0.05) is 30.3 Å². The van der Waals surface area contributed by atoms with Crippen LogP contribution in [0.25, 0.3) is 0 Å². The number of nitro benzene ring substituents is 1. The average Bonchev–Trinajstić information content (AvgIpc) is 2.74. The lowest BCUT2D eigenvalue weighted by molar-refractivity contribution is -0.385. The summed E-state index contributed by atoms with van der Waals surface area (Å²) in [6.07, 6.45) is 1.88. The molecule has 0 bridgehead atoms.